The Hall–Kier alpha value is -1.59. The molecule has 5 heteroatoms. The van der Waals surface area contributed by atoms with Crippen LogP contribution in [0.25, 0.3) is 0 Å². The SMILES string of the molecule is CC(CCNC(=O)N1CCCC1C1COCCC1O)c1ccccc1. The van der Waals surface area contributed by atoms with E-state index in [0.29, 0.717) is 32.1 Å². The van der Waals surface area contributed by atoms with E-state index in [2.05, 4.69) is 36.5 Å². The molecule has 138 valence electrons. The van der Waals surface area contributed by atoms with Crippen molar-refractivity contribution in [1.29, 1.82) is 0 Å². The summed E-state index contributed by atoms with van der Waals surface area (Å²) in [6.45, 7) is 4.81. The first kappa shape index (κ1) is 18.2. The van der Waals surface area contributed by atoms with Crippen molar-refractivity contribution < 1.29 is 14.6 Å². The number of ether oxygens (including phenoxy) is 1. The Labute approximate surface area is 150 Å². The van der Waals surface area contributed by atoms with Crippen molar-refractivity contribution in [3.05, 3.63) is 35.9 Å². The lowest BCUT2D eigenvalue weighted by molar-refractivity contribution is -0.0576. The predicted molar refractivity (Wildman–Crippen MR) is 97.5 cm³/mol. The van der Waals surface area contributed by atoms with Gasteiger partial charge in [0.2, 0.25) is 0 Å². The monoisotopic (exact) mass is 346 g/mol. The summed E-state index contributed by atoms with van der Waals surface area (Å²) in [5.74, 6) is 0.467. The highest BCUT2D eigenvalue weighted by Gasteiger charge is 2.39. The van der Waals surface area contributed by atoms with E-state index in [1.807, 2.05) is 11.0 Å². The second kappa shape index (κ2) is 8.68. The lowest BCUT2D eigenvalue weighted by Crippen LogP contribution is -2.51. The summed E-state index contributed by atoms with van der Waals surface area (Å²) in [7, 11) is 0. The smallest absolute Gasteiger partial charge is 0.317 e. The maximum absolute atomic E-state index is 12.6. The third kappa shape index (κ3) is 4.53. The molecule has 2 aliphatic heterocycles. The van der Waals surface area contributed by atoms with Gasteiger partial charge in [0.15, 0.2) is 0 Å². The second-order valence-corrected chi connectivity index (χ2v) is 7.33. The summed E-state index contributed by atoms with van der Waals surface area (Å²) in [5.41, 5.74) is 1.30. The van der Waals surface area contributed by atoms with Gasteiger partial charge in [-0.25, -0.2) is 4.79 Å². The molecule has 1 aromatic rings. The number of carbonyl (C=O) groups excluding carboxylic acids is 1. The van der Waals surface area contributed by atoms with Crippen LogP contribution < -0.4 is 5.32 Å². The highest BCUT2D eigenvalue weighted by Crippen LogP contribution is 2.29. The van der Waals surface area contributed by atoms with Crippen molar-refractivity contribution in [3.63, 3.8) is 0 Å². The number of nitrogens with zero attached hydrogens (tertiary/aromatic N) is 1. The van der Waals surface area contributed by atoms with Crippen LogP contribution in [0.15, 0.2) is 30.3 Å². The zero-order valence-corrected chi connectivity index (χ0v) is 15.1. The largest absolute Gasteiger partial charge is 0.393 e. The standard InChI is InChI=1S/C20H30N2O3/c1-15(16-6-3-2-4-7-16)9-11-21-20(24)22-12-5-8-18(22)17-14-25-13-10-19(17)23/h2-4,6-7,15,17-19,23H,5,8-14H2,1H3,(H,21,24). The number of benzene rings is 1. The number of nitrogens with one attached hydrogen (secondary N) is 1. The molecule has 4 unspecified atom stereocenters. The summed E-state index contributed by atoms with van der Waals surface area (Å²) in [5, 5.41) is 13.3. The van der Waals surface area contributed by atoms with E-state index >= 15 is 0 Å². The van der Waals surface area contributed by atoms with Gasteiger partial charge in [0.05, 0.1) is 12.7 Å². The number of aliphatic hydroxyl groups excluding tert-OH is 1. The van der Waals surface area contributed by atoms with Crippen LogP contribution in [0.5, 0.6) is 0 Å². The third-order valence-corrected chi connectivity index (χ3v) is 5.64. The number of hydrogen-bond donors (Lipinski definition) is 2. The molecule has 5 nitrogen and oxygen atoms in total. The molecular formula is C20H30N2O3. The minimum atomic E-state index is -0.356. The molecule has 2 saturated heterocycles. The van der Waals surface area contributed by atoms with Crippen LogP contribution in [-0.4, -0.2) is 54.5 Å². The molecule has 4 atom stereocenters. The van der Waals surface area contributed by atoms with Gasteiger partial charge in [-0.15, -0.1) is 0 Å². The number of amides is 2. The summed E-state index contributed by atoms with van der Waals surface area (Å²) in [6, 6.07) is 10.5. The molecule has 2 aliphatic rings. The molecule has 25 heavy (non-hydrogen) atoms. The Morgan fingerprint density at radius 2 is 2.16 bits per heavy atom. The lowest BCUT2D eigenvalue weighted by atomic mass is 9.89. The summed E-state index contributed by atoms with van der Waals surface area (Å²) >= 11 is 0. The highest BCUT2D eigenvalue weighted by atomic mass is 16.5. The van der Waals surface area contributed by atoms with E-state index in [-0.39, 0.29) is 24.1 Å². The van der Waals surface area contributed by atoms with E-state index in [4.69, 9.17) is 4.74 Å². The summed E-state index contributed by atoms with van der Waals surface area (Å²) < 4.78 is 5.54. The maximum atomic E-state index is 12.6. The van der Waals surface area contributed by atoms with Crippen molar-refractivity contribution in [2.45, 2.75) is 50.7 Å². The van der Waals surface area contributed by atoms with Gasteiger partial charge >= 0.3 is 6.03 Å². The molecule has 0 spiro atoms. The normalized spacial score (nSPS) is 27.9. The minimum Gasteiger partial charge on any atom is -0.393 e. The fourth-order valence-corrected chi connectivity index (χ4v) is 4.05. The minimum absolute atomic E-state index is 0.000496. The van der Waals surface area contributed by atoms with E-state index in [9.17, 15) is 9.90 Å². The number of urea groups is 1. The van der Waals surface area contributed by atoms with Gasteiger partial charge in [0, 0.05) is 31.7 Å². The van der Waals surface area contributed by atoms with Gasteiger partial charge in [0.1, 0.15) is 0 Å². The summed E-state index contributed by atoms with van der Waals surface area (Å²) in [4.78, 5) is 14.5. The molecule has 2 N–H and O–H groups in total. The molecule has 0 bridgehead atoms. The van der Waals surface area contributed by atoms with Gasteiger partial charge in [-0.1, -0.05) is 37.3 Å². The Bertz CT molecular complexity index is 551. The molecule has 0 aromatic heterocycles. The van der Waals surface area contributed by atoms with Gasteiger partial charge in [-0.2, -0.15) is 0 Å². The van der Waals surface area contributed by atoms with E-state index in [1.165, 1.54) is 5.56 Å². The predicted octanol–water partition coefficient (Wildman–Crippen LogP) is 2.75. The number of rotatable bonds is 5. The molecule has 2 amide bonds. The molecule has 2 fully saturated rings. The number of likely N-dealkylation sites (tertiary alicyclic amines) is 1. The van der Waals surface area contributed by atoms with E-state index < -0.39 is 0 Å². The average molecular weight is 346 g/mol. The lowest BCUT2D eigenvalue weighted by Gasteiger charge is -2.37. The first-order valence-electron chi connectivity index (χ1n) is 9.52. The summed E-state index contributed by atoms with van der Waals surface area (Å²) in [6.07, 6.45) is 3.19. The molecule has 1 aromatic carbocycles. The quantitative estimate of drug-likeness (QED) is 0.862. The van der Waals surface area contributed by atoms with Crippen molar-refractivity contribution in [1.82, 2.24) is 10.2 Å². The Morgan fingerprint density at radius 1 is 1.36 bits per heavy atom. The van der Waals surface area contributed by atoms with Crippen molar-refractivity contribution in [2.24, 2.45) is 5.92 Å². The van der Waals surface area contributed by atoms with Crippen LogP contribution in [-0.2, 0) is 4.74 Å². The zero-order chi connectivity index (χ0) is 17.6. The van der Waals surface area contributed by atoms with Crippen LogP contribution in [0.2, 0.25) is 0 Å². The Balaban J connectivity index is 1.48. The van der Waals surface area contributed by atoms with Gasteiger partial charge in [-0.05, 0) is 37.2 Å². The van der Waals surface area contributed by atoms with E-state index in [0.717, 1.165) is 25.8 Å². The van der Waals surface area contributed by atoms with Crippen molar-refractivity contribution in [3.8, 4) is 0 Å². The molecule has 2 heterocycles. The highest BCUT2D eigenvalue weighted by molar-refractivity contribution is 5.74. The topological polar surface area (TPSA) is 61.8 Å². The first-order valence-corrected chi connectivity index (χ1v) is 9.52. The van der Waals surface area contributed by atoms with Gasteiger partial charge < -0.3 is 20.1 Å². The molecule has 0 aliphatic carbocycles. The molecule has 0 radical (unpaired) electrons. The number of carbonyl (C=O) groups is 1. The van der Waals surface area contributed by atoms with Crippen molar-refractivity contribution in [2.75, 3.05) is 26.3 Å². The number of hydrogen-bond acceptors (Lipinski definition) is 3. The molecular weight excluding hydrogens is 316 g/mol. The molecule has 3 rings (SSSR count). The fraction of sp³-hybridized carbons (Fsp3) is 0.650. The van der Waals surface area contributed by atoms with Crippen LogP contribution in [0.4, 0.5) is 4.79 Å². The number of aliphatic hydroxyl groups is 1. The fourth-order valence-electron chi connectivity index (χ4n) is 4.05. The van der Waals surface area contributed by atoms with Crippen LogP contribution in [0.1, 0.15) is 44.1 Å². The van der Waals surface area contributed by atoms with Crippen LogP contribution in [0, 0.1) is 5.92 Å². The second-order valence-electron chi connectivity index (χ2n) is 7.33. The first-order chi connectivity index (χ1) is 12.2. The zero-order valence-electron chi connectivity index (χ0n) is 15.1. The maximum Gasteiger partial charge on any atom is 0.317 e. The Morgan fingerprint density at radius 3 is 2.92 bits per heavy atom. The van der Waals surface area contributed by atoms with Crippen LogP contribution in [0.3, 0.4) is 0 Å². The van der Waals surface area contributed by atoms with Crippen LogP contribution >= 0.6 is 0 Å². The van der Waals surface area contributed by atoms with Gasteiger partial charge in [-0.3, -0.25) is 0 Å². The van der Waals surface area contributed by atoms with Crippen molar-refractivity contribution >= 4 is 6.03 Å². The van der Waals surface area contributed by atoms with E-state index in [1.54, 1.807) is 0 Å². The Kier molecular flexibility index (Phi) is 6.32. The average Bonchev–Trinajstić information content (AvgIpc) is 3.12. The van der Waals surface area contributed by atoms with Gasteiger partial charge in [0.25, 0.3) is 0 Å². The third-order valence-electron chi connectivity index (χ3n) is 5.64. The molecule has 0 saturated carbocycles.